The molecule has 1 heterocycles. The number of methoxy groups -OCH3 is 1. The monoisotopic (exact) mass is 380 g/mol. The number of nitrogens with zero attached hydrogens (tertiary/aromatic N) is 1. The quantitative estimate of drug-likeness (QED) is 0.789. The van der Waals surface area contributed by atoms with Crippen molar-refractivity contribution in [3.63, 3.8) is 0 Å². The number of anilines is 1. The molecule has 146 valence electrons. The van der Waals surface area contributed by atoms with Crippen molar-refractivity contribution in [3.05, 3.63) is 29.8 Å². The maximum atomic E-state index is 11.6. The Labute approximate surface area is 158 Å². The number of piperidine rings is 1. The van der Waals surface area contributed by atoms with Gasteiger partial charge in [0.25, 0.3) is 0 Å². The van der Waals surface area contributed by atoms with Gasteiger partial charge in [-0.15, -0.1) is 0 Å². The number of fused-ring (bicyclic) bond motifs is 2. The highest BCUT2D eigenvalue weighted by molar-refractivity contribution is 7.92. The summed E-state index contributed by atoms with van der Waals surface area (Å²) in [6.45, 7) is 7.82. The number of hydrogen-bond acceptors (Lipinski definition) is 4. The van der Waals surface area contributed by atoms with E-state index in [-0.39, 0.29) is 5.60 Å². The maximum Gasteiger partial charge on any atom is 0.229 e. The first-order valence-corrected chi connectivity index (χ1v) is 11.5. The molecule has 2 unspecified atom stereocenters. The van der Waals surface area contributed by atoms with E-state index in [2.05, 4.69) is 29.5 Å². The molecular weight excluding hydrogens is 348 g/mol. The van der Waals surface area contributed by atoms with E-state index in [1.807, 2.05) is 19.2 Å². The van der Waals surface area contributed by atoms with Crippen LogP contribution in [0.1, 0.15) is 38.7 Å². The molecule has 2 fully saturated rings. The first-order valence-electron chi connectivity index (χ1n) is 9.60. The van der Waals surface area contributed by atoms with E-state index >= 15 is 0 Å². The predicted octanol–water partition coefficient (Wildman–Crippen LogP) is 3.29. The normalized spacial score (nSPS) is 29.3. The molecule has 1 aromatic carbocycles. The largest absolute Gasteiger partial charge is 0.373 e. The van der Waals surface area contributed by atoms with Crippen molar-refractivity contribution < 1.29 is 13.2 Å². The Hall–Kier alpha value is -1.11. The van der Waals surface area contributed by atoms with Gasteiger partial charge in [-0.05, 0) is 49.4 Å². The third kappa shape index (κ3) is 3.92. The van der Waals surface area contributed by atoms with Gasteiger partial charge in [-0.1, -0.05) is 26.0 Å². The average Bonchev–Trinajstić information content (AvgIpc) is 2.75. The Morgan fingerprint density at radius 1 is 1.27 bits per heavy atom. The first kappa shape index (κ1) is 19.6. The zero-order chi connectivity index (χ0) is 18.9. The number of sulfonamides is 1. The zero-order valence-electron chi connectivity index (χ0n) is 16.4. The molecule has 0 amide bonds. The molecule has 2 bridgehead atoms. The molecule has 0 spiro atoms. The van der Waals surface area contributed by atoms with E-state index in [1.165, 1.54) is 25.5 Å². The standard InChI is InChI=1S/C20H32N2O3S/c1-15(2)10-11-22-13-17-8-9-18(14-22)20(17,25-3)16-6-5-7-19(12-16)21-26(4,23)24/h5-7,12,15,17-18,21H,8-11,13-14H2,1-4H3. The topological polar surface area (TPSA) is 58.6 Å². The lowest BCUT2D eigenvalue weighted by Crippen LogP contribution is -2.53. The van der Waals surface area contributed by atoms with Crippen molar-refractivity contribution in [2.24, 2.45) is 17.8 Å². The Balaban J connectivity index is 1.85. The Bertz CT molecular complexity index is 718. The van der Waals surface area contributed by atoms with Crippen LogP contribution < -0.4 is 4.72 Å². The van der Waals surface area contributed by atoms with Crippen LogP contribution in [0.3, 0.4) is 0 Å². The second-order valence-corrected chi connectivity index (χ2v) is 10.1. The van der Waals surface area contributed by atoms with Crippen molar-refractivity contribution in [2.45, 2.75) is 38.7 Å². The minimum atomic E-state index is -3.29. The fourth-order valence-corrected chi connectivity index (χ4v) is 5.46. The van der Waals surface area contributed by atoms with Crippen molar-refractivity contribution in [1.82, 2.24) is 4.90 Å². The van der Waals surface area contributed by atoms with Crippen molar-refractivity contribution in [2.75, 3.05) is 37.7 Å². The van der Waals surface area contributed by atoms with Crippen LogP contribution >= 0.6 is 0 Å². The lowest BCUT2D eigenvalue weighted by atomic mass is 9.74. The van der Waals surface area contributed by atoms with Gasteiger partial charge >= 0.3 is 0 Å². The van der Waals surface area contributed by atoms with Gasteiger partial charge in [-0.25, -0.2) is 8.42 Å². The molecule has 0 aromatic heterocycles. The summed E-state index contributed by atoms with van der Waals surface area (Å²) >= 11 is 0. The van der Waals surface area contributed by atoms with Crippen molar-refractivity contribution in [3.8, 4) is 0 Å². The van der Waals surface area contributed by atoms with Crippen LogP contribution in [-0.2, 0) is 20.4 Å². The van der Waals surface area contributed by atoms with Gasteiger partial charge in [0, 0.05) is 37.7 Å². The summed E-state index contributed by atoms with van der Waals surface area (Å²) in [7, 11) is -1.47. The predicted molar refractivity (Wildman–Crippen MR) is 106 cm³/mol. The Morgan fingerprint density at radius 2 is 1.92 bits per heavy atom. The van der Waals surface area contributed by atoms with E-state index in [1.54, 1.807) is 6.07 Å². The molecule has 3 rings (SSSR count). The van der Waals surface area contributed by atoms with E-state index < -0.39 is 10.0 Å². The fourth-order valence-electron chi connectivity index (χ4n) is 4.90. The number of rotatable bonds is 7. The number of hydrogen-bond donors (Lipinski definition) is 1. The molecule has 2 aliphatic rings. The molecule has 1 saturated carbocycles. The average molecular weight is 381 g/mol. The Kier molecular flexibility index (Phi) is 5.66. The molecule has 1 aromatic rings. The second kappa shape index (κ2) is 7.49. The smallest absolute Gasteiger partial charge is 0.229 e. The SMILES string of the molecule is COC1(c2cccc(NS(C)(=O)=O)c2)C2CCC1CN(CCC(C)C)C2. The van der Waals surface area contributed by atoms with E-state index in [0.29, 0.717) is 17.5 Å². The van der Waals surface area contributed by atoms with Gasteiger partial charge < -0.3 is 9.64 Å². The molecule has 1 N–H and O–H groups in total. The van der Waals surface area contributed by atoms with Gasteiger partial charge in [0.1, 0.15) is 5.60 Å². The van der Waals surface area contributed by atoms with Crippen molar-refractivity contribution in [1.29, 1.82) is 0 Å². The van der Waals surface area contributed by atoms with E-state index in [4.69, 9.17) is 4.74 Å². The highest BCUT2D eigenvalue weighted by Gasteiger charge is 2.55. The van der Waals surface area contributed by atoms with Crippen molar-refractivity contribution >= 4 is 15.7 Å². The summed E-state index contributed by atoms with van der Waals surface area (Å²) in [6, 6.07) is 7.77. The molecule has 2 atom stereocenters. The maximum absolute atomic E-state index is 11.6. The van der Waals surface area contributed by atoms with E-state index in [9.17, 15) is 8.42 Å². The molecule has 0 radical (unpaired) electrons. The number of nitrogens with one attached hydrogen (secondary N) is 1. The number of benzene rings is 1. The summed E-state index contributed by atoms with van der Waals surface area (Å²) < 4.78 is 32.0. The third-order valence-electron chi connectivity index (χ3n) is 6.01. The summed E-state index contributed by atoms with van der Waals surface area (Å²) in [6.07, 6.45) is 4.75. The van der Waals surface area contributed by atoms with Crippen LogP contribution in [-0.4, -0.2) is 46.3 Å². The second-order valence-electron chi connectivity index (χ2n) is 8.37. The summed E-state index contributed by atoms with van der Waals surface area (Å²) in [5.74, 6) is 1.62. The zero-order valence-corrected chi connectivity index (χ0v) is 17.2. The molecule has 1 aliphatic carbocycles. The van der Waals surface area contributed by atoms with Crippen LogP contribution in [0.5, 0.6) is 0 Å². The van der Waals surface area contributed by atoms with Crippen LogP contribution in [0, 0.1) is 17.8 Å². The summed E-state index contributed by atoms with van der Waals surface area (Å²) in [5, 5.41) is 0. The molecule has 1 saturated heterocycles. The lowest BCUT2D eigenvalue weighted by molar-refractivity contribution is -0.119. The minimum absolute atomic E-state index is 0.302. The fraction of sp³-hybridized carbons (Fsp3) is 0.700. The highest BCUT2D eigenvalue weighted by atomic mass is 32.2. The molecule has 5 nitrogen and oxygen atoms in total. The van der Waals surface area contributed by atoms with Gasteiger partial charge in [-0.3, -0.25) is 4.72 Å². The summed E-state index contributed by atoms with van der Waals surface area (Å²) in [4.78, 5) is 2.60. The first-order chi connectivity index (χ1) is 12.2. The molecule has 6 heteroatoms. The Morgan fingerprint density at radius 3 is 2.46 bits per heavy atom. The third-order valence-corrected chi connectivity index (χ3v) is 6.62. The molecule has 1 aliphatic heterocycles. The van der Waals surface area contributed by atoms with Gasteiger partial charge in [0.2, 0.25) is 10.0 Å². The van der Waals surface area contributed by atoms with Crippen LogP contribution in [0.15, 0.2) is 24.3 Å². The van der Waals surface area contributed by atoms with Crippen LogP contribution in [0.2, 0.25) is 0 Å². The van der Waals surface area contributed by atoms with Gasteiger partial charge in [0.05, 0.1) is 6.26 Å². The summed E-state index contributed by atoms with van der Waals surface area (Å²) in [5.41, 5.74) is 1.41. The van der Waals surface area contributed by atoms with E-state index in [0.717, 1.165) is 31.1 Å². The van der Waals surface area contributed by atoms with Crippen LogP contribution in [0.4, 0.5) is 5.69 Å². The van der Waals surface area contributed by atoms with Crippen LogP contribution in [0.25, 0.3) is 0 Å². The number of likely N-dealkylation sites (tertiary alicyclic amines) is 1. The molecular formula is C20H32N2O3S. The molecule has 26 heavy (non-hydrogen) atoms. The highest BCUT2D eigenvalue weighted by Crippen LogP contribution is 2.53. The number of ether oxygens (including phenoxy) is 1. The minimum Gasteiger partial charge on any atom is -0.373 e. The lowest BCUT2D eigenvalue weighted by Gasteiger charge is -2.47. The van der Waals surface area contributed by atoms with Gasteiger partial charge in [-0.2, -0.15) is 0 Å². The van der Waals surface area contributed by atoms with Gasteiger partial charge in [0.15, 0.2) is 0 Å².